The first-order valence-electron chi connectivity index (χ1n) is 6.62. The summed E-state index contributed by atoms with van der Waals surface area (Å²) in [5.74, 6) is 0.197. The van der Waals surface area contributed by atoms with Gasteiger partial charge in [-0.1, -0.05) is 6.92 Å². The number of likely N-dealkylation sites (N-methyl/N-ethyl adjacent to an activating group) is 1. The molecule has 1 rings (SSSR count). The molecule has 0 amide bonds. The van der Waals surface area contributed by atoms with Crippen LogP contribution in [0.3, 0.4) is 0 Å². The van der Waals surface area contributed by atoms with E-state index >= 15 is 0 Å². The highest BCUT2D eigenvalue weighted by Gasteiger charge is 2.14. The van der Waals surface area contributed by atoms with E-state index < -0.39 is 10.0 Å². The van der Waals surface area contributed by atoms with E-state index in [1.54, 1.807) is 0 Å². The lowest BCUT2D eigenvalue weighted by Crippen LogP contribution is -2.46. The van der Waals surface area contributed by atoms with Gasteiger partial charge < -0.3 is 10.2 Å². The molecule has 0 aromatic heterocycles. The molecule has 0 aliphatic carbocycles. The highest BCUT2D eigenvalue weighted by molar-refractivity contribution is 7.89. The first-order valence-corrected chi connectivity index (χ1v) is 8.27. The molecule has 0 saturated carbocycles. The summed E-state index contributed by atoms with van der Waals surface area (Å²) in [6, 6.07) is 0. The van der Waals surface area contributed by atoms with Crippen molar-refractivity contribution < 1.29 is 8.42 Å². The molecule has 0 aromatic rings. The minimum absolute atomic E-state index is 0.197. The number of nitrogens with one attached hydrogen (secondary N) is 2. The zero-order valence-electron chi connectivity index (χ0n) is 11.5. The summed E-state index contributed by atoms with van der Waals surface area (Å²) in [5.41, 5.74) is 0. The Morgan fingerprint density at radius 3 is 2.61 bits per heavy atom. The van der Waals surface area contributed by atoms with Crippen molar-refractivity contribution in [3.8, 4) is 0 Å². The van der Waals surface area contributed by atoms with Crippen LogP contribution in [0.1, 0.15) is 6.92 Å². The first-order chi connectivity index (χ1) is 8.53. The van der Waals surface area contributed by atoms with Crippen LogP contribution in [0.15, 0.2) is 0 Å². The number of hydrogen-bond donors (Lipinski definition) is 2. The summed E-state index contributed by atoms with van der Waals surface area (Å²) in [6.07, 6.45) is 0. The van der Waals surface area contributed by atoms with Crippen molar-refractivity contribution in [3.63, 3.8) is 0 Å². The van der Waals surface area contributed by atoms with Crippen LogP contribution >= 0.6 is 0 Å². The van der Waals surface area contributed by atoms with E-state index in [0.29, 0.717) is 13.1 Å². The van der Waals surface area contributed by atoms with Crippen LogP contribution in [0.25, 0.3) is 0 Å². The van der Waals surface area contributed by atoms with Gasteiger partial charge in [0.25, 0.3) is 0 Å². The van der Waals surface area contributed by atoms with Gasteiger partial charge in [0.15, 0.2) is 0 Å². The van der Waals surface area contributed by atoms with E-state index in [1.807, 2.05) is 7.05 Å². The molecule has 18 heavy (non-hydrogen) atoms. The molecular weight excluding hydrogens is 252 g/mol. The monoisotopic (exact) mass is 278 g/mol. The Hall–Kier alpha value is -0.210. The molecule has 1 fully saturated rings. The van der Waals surface area contributed by atoms with E-state index in [1.165, 1.54) is 0 Å². The molecule has 0 spiro atoms. The molecule has 1 saturated heterocycles. The number of nitrogens with zero attached hydrogens (tertiary/aromatic N) is 2. The van der Waals surface area contributed by atoms with Crippen molar-refractivity contribution in [2.75, 3.05) is 65.2 Å². The maximum Gasteiger partial charge on any atom is 0.212 e. The smallest absolute Gasteiger partial charge is 0.212 e. The van der Waals surface area contributed by atoms with Gasteiger partial charge in [0.1, 0.15) is 0 Å². The van der Waals surface area contributed by atoms with Gasteiger partial charge in [-0.25, -0.2) is 13.1 Å². The maximum atomic E-state index is 11.8. The molecule has 108 valence electrons. The van der Waals surface area contributed by atoms with Crippen molar-refractivity contribution >= 4 is 10.0 Å². The van der Waals surface area contributed by atoms with E-state index in [9.17, 15) is 8.42 Å². The topological polar surface area (TPSA) is 64.7 Å². The van der Waals surface area contributed by atoms with Crippen LogP contribution in [0, 0.1) is 0 Å². The van der Waals surface area contributed by atoms with Gasteiger partial charge in [0, 0.05) is 45.8 Å². The number of rotatable bonds is 8. The lowest BCUT2D eigenvalue weighted by Gasteiger charge is -2.26. The molecule has 6 nitrogen and oxygen atoms in total. The van der Waals surface area contributed by atoms with Crippen LogP contribution < -0.4 is 10.0 Å². The second-order valence-corrected chi connectivity index (χ2v) is 6.63. The fourth-order valence-electron chi connectivity index (χ4n) is 1.81. The third-order valence-corrected chi connectivity index (χ3v) is 4.61. The van der Waals surface area contributed by atoms with Crippen molar-refractivity contribution in [1.82, 2.24) is 19.8 Å². The predicted octanol–water partition coefficient (Wildman–Crippen LogP) is -1.24. The highest BCUT2D eigenvalue weighted by Crippen LogP contribution is 1.94. The van der Waals surface area contributed by atoms with Gasteiger partial charge in [-0.15, -0.1) is 0 Å². The van der Waals surface area contributed by atoms with Crippen molar-refractivity contribution in [3.05, 3.63) is 0 Å². The van der Waals surface area contributed by atoms with Crippen molar-refractivity contribution in [1.29, 1.82) is 0 Å². The third kappa shape index (κ3) is 6.65. The average Bonchev–Trinajstić information content (AvgIpc) is 2.37. The van der Waals surface area contributed by atoms with Crippen LogP contribution in [0.5, 0.6) is 0 Å². The van der Waals surface area contributed by atoms with Crippen LogP contribution in [-0.2, 0) is 10.0 Å². The standard InChI is InChI=1S/C11H26N4O2S/c1-3-14(2)7-6-13-18(16,17)11-10-15-8-4-12-5-9-15/h12-13H,3-11H2,1-2H3. The van der Waals surface area contributed by atoms with Gasteiger partial charge >= 0.3 is 0 Å². The van der Waals surface area contributed by atoms with Gasteiger partial charge in [0.2, 0.25) is 10.0 Å². The van der Waals surface area contributed by atoms with E-state index in [2.05, 4.69) is 26.8 Å². The zero-order valence-corrected chi connectivity index (χ0v) is 12.3. The Morgan fingerprint density at radius 1 is 1.33 bits per heavy atom. The zero-order chi connectivity index (χ0) is 13.4. The number of hydrogen-bond acceptors (Lipinski definition) is 5. The summed E-state index contributed by atoms with van der Waals surface area (Å²) in [7, 11) is -1.14. The van der Waals surface area contributed by atoms with E-state index in [0.717, 1.165) is 39.3 Å². The fourth-order valence-corrected chi connectivity index (χ4v) is 2.85. The lowest BCUT2D eigenvalue weighted by atomic mass is 10.4. The third-order valence-electron chi connectivity index (χ3n) is 3.24. The number of piperazine rings is 1. The molecule has 0 atom stereocenters. The molecule has 1 aliphatic rings. The predicted molar refractivity (Wildman–Crippen MR) is 74.3 cm³/mol. The summed E-state index contributed by atoms with van der Waals surface area (Å²) >= 11 is 0. The molecule has 2 N–H and O–H groups in total. The van der Waals surface area contributed by atoms with Crippen LogP contribution in [0.2, 0.25) is 0 Å². The van der Waals surface area contributed by atoms with Gasteiger partial charge in [-0.3, -0.25) is 4.90 Å². The Morgan fingerprint density at radius 2 is 2.00 bits per heavy atom. The van der Waals surface area contributed by atoms with Gasteiger partial charge in [-0.2, -0.15) is 0 Å². The first kappa shape index (κ1) is 15.8. The Bertz CT molecular complexity index is 315. The molecule has 1 heterocycles. The normalized spacial score (nSPS) is 18.4. The van der Waals surface area contributed by atoms with Crippen LogP contribution in [0.4, 0.5) is 0 Å². The Balaban J connectivity index is 2.18. The molecule has 0 radical (unpaired) electrons. The molecular formula is C11H26N4O2S. The Kier molecular flexibility index (Phi) is 7.10. The molecule has 0 unspecified atom stereocenters. The Labute approximate surface area is 111 Å². The molecule has 1 aliphatic heterocycles. The highest BCUT2D eigenvalue weighted by atomic mass is 32.2. The lowest BCUT2D eigenvalue weighted by molar-refractivity contribution is 0.253. The quantitative estimate of drug-likeness (QED) is 0.582. The van der Waals surface area contributed by atoms with Crippen molar-refractivity contribution in [2.24, 2.45) is 0 Å². The van der Waals surface area contributed by atoms with Gasteiger partial charge in [0.05, 0.1) is 5.75 Å². The average molecular weight is 278 g/mol. The van der Waals surface area contributed by atoms with Crippen LogP contribution in [-0.4, -0.2) is 83.4 Å². The molecule has 7 heteroatoms. The molecule has 0 aromatic carbocycles. The minimum Gasteiger partial charge on any atom is -0.314 e. The SMILES string of the molecule is CCN(C)CCNS(=O)(=O)CCN1CCNCC1. The second-order valence-electron chi connectivity index (χ2n) is 4.70. The summed E-state index contributed by atoms with van der Waals surface area (Å²) in [6.45, 7) is 8.64. The summed E-state index contributed by atoms with van der Waals surface area (Å²) in [5, 5.41) is 3.25. The second kappa shape index (κ2) is 8.06. The maximum absolute atomic E-state index is 11.8. The summed E-state index contributed by atoms with van der Waals surface area (Å²) < 4.78 is 26.2. The van der Waals surface area contributed by atoms with E-state index in [-0.39, 0.29) is 5.75 Å². The van der Waals surface area contributed by atoms with Gasteiger partial charge in [-0.05, 0) is 13.6 Å². The molecule has 0 bridgehead atoms. The largest absolute Gasteiger partial charge is 0.314 e. The number of sulfonamides is 1. The van der Waals surface area contributed by atoms with Crippen molar-refractivity contribution in [2.45, 2.75) is 6.92 Å². The fraction of sp³-hybridized carbons (Fsp3) is 1.00. The van der Waals surface area contributed by atoms with E-state index in [4.69, 9.17) is 0 Å². The summed E-state index contributed by atoms with van der Waals surface area (Å²) in [4.78, 5) is 4.27. The minimum atomic E-state index is -3.12.